The Morgan fingerprint density at radius 3 is 2.43 bits per heavy atom. The quantitative estimate of drug-likeness (QED) is 0.356. The van der Waals surface area contributed by atoms with Crippen LogP contribution in [0, 0.1) is 11.8 Å². The number of aliphatic carboxylic acids is 1. The van der Waals surface area contributed by atoms with Crippen molar-refractivity contribution in [2.45, 2.75) is 56.9 Å². The largest absolute Gasteiger partial charge is 0.493 e. The average molecular weight is 530 g/mol. The van der Waals surface area contributed by atoms with Crippen molar-refractivity contribution in [3.8, 4) is 5.75 Å². The van der Waals surface area contributed by atoms with Gasteiger partial charge in [0.2, 0.25) is 0 Å². The molecule has 1 saturated heterocycles. The summed E-state index contributed by atoms with van der Waals surface area (Å²) in [6, 6.07) is 8.93. The Morgan fingerprint density at radius 1 is 1.03 bits per heavy atom. The average Bonchev–Trinajstić information content (AvgIpc) is 3.66. The molecule has 0 radical (unpaired) electrons. The lowest BCUT2D eigenvalue weighted by Crippen LogP contribution is -2.37. The lowest BCUT2D eigenvalue weighted by Gasteiger charge is -2.33. The molecule has 0 bridgehead atoms. The summed E-state index contributed by atoms with van der Waals surface area (Å²) in [5, 5.41) is 9.26. The summed E-state index contributed by atoms with van der Waals surface area (Å²) in [6.45, 7) is 0.958. The number of hydrogen-bond donors (Lipinski definition) is 1. The smallest absolute Gasteiger partial charge is 0.416 e. The molecular weight excluding hydrogens is 500 g/mol. The van der Waals surface area contributed by atoms with Gasteiger partial charge in [-0.1, -0.05) is 12.1 Å². The molecular formula is C27H29F6NO3. The van der Waals surface area contributed by atoms with Crippen LogP contribution in [-0.4, -0.2) is 35.7 Å². The van der Waals surface area contributed by atoms with E-state index in [1.54, 1.807) is 11.0 Å². The maximum atomic E-state index is 13.5. The first-order valence-corrected chi connectivity index (χ1v) is 12.3. The zero-order chi connectivity index (χ0) is 26.8. The second kappa shape index (κ2) is 10.9. The molecule has 1 heterocycles. The van der Waals surface area contributed by atoms with Gasteiger partial charge >= 0.3 is 18.3 Å². The molecule has 1 N–H and O–H groups in total. The first kappa shape index (κ1) is 27.3. The van der Waals surface area contributed by atoms with Gasteiger partial charge in [-0.25, -0.2) is 0 Å². The minimum atomic E-state index is -4.75. The molecule has 1 saturated carbocycles. The number of piperidine rings is 1. The van der Waals surface area contributed by atoms with E-state index >= 15 is 0 Å². The molecule has 37 heavy (non-hydrogen) atoms. The van der Waals surface area contributed by atoms with Crippen LogP contribution in [0.4, 0.5) is 26.3 Å². The van der Waals surface area contributed by atoms with Crippen molar-refractivity contribution in [1.82, 2.24) is 4.90 Å². The number of carboxylic acids is 1. The molecule has 2 aromatic carbocycles. The van der Waals surface area contributed by atoms with Gasteiger partial charge in [0, 0.05) is 19.0 Å². The Balaban J connectivity index is 1.40. The van der Waals surface area contributed by atoms with Crippen LogP contribution in [0.25, 0.3) is 0 Å². The third kappa shape index (κ3) is 7.40. The zero-order valence-electron chi connectivity index (χ0n) is 20.1. The van der Waals surface area contributed by atoms with Gasteiger partial charge in [-0.05, 0) is 85.5 Å². The highest BCUT2D eigenvalue weighted by Crippen LogP contribution is 2.45. The number of nitrogens with zero attached hydrogens (tertiary/aromatic N) is 1. The van der Waals surface area contributed by atoms with Crippen LogP contribution in [0.15, 0.2) is 42.5 Å². The molecule has 2 unspecified atom stereocenters. The maximum absolute atomic E-state index is 13.5. The van der Waals surface area contributed by atoms with Crippen molar-refractivity contribution in [3.63, 3.8) is 0 Å². The summed E-state index contributed by atoms with van der Waals surface area (Å²) in [5.74, 6) is 0.0378. The summed E-state index contributed by atoms with van der Waals surface area (Å²) in [6.07, 6.45) is -5.94. The van der Waals surface area contributed by atoms with Gasteiger partial charge < -0.3 is 9.84 Å². The fraction of sp³-hybridized carbons (Fsp3) is 0.519. The van der Waals surface area contributed by atoms with Crippen LogP contribution < -0.4 is 4.74 Å². The van der Waals surface area contributed by atoms with Crippen molar-refractivity contribution < 1.29 is 41.0 Å². The second-order valence-corrected chi connectivity index (χ2v) is 10.0. The van der Waals surface area contributed by atoms with Crippen LogP contribution in [0.1, 0.15) is 60.3 Å². The highest BCUT2D eigenvalue weighted by molar-refractivity contribution is 5.68. The predicted octanol–water partition coefficient (Wildman–Crippen LogP) is 6.98. The fourth-order valence-electron chi connectivity index (χ4n) is 5.14. The van der Waals surface area contributed by atoms with E-state index in [1.165, 1.54) is 0 Å². The van der Waals surface area contributed by atoms with Crippen molar-refractivity contribution in [1.29, 1.82) is 0 Å². The highest BCUT2D eigenvalue weighted by atomic mass is 19.4. The Hall–Kier alpha value is -2.75. The normalized spacial score (nSPS) is 20.0. The van der Waals surface area contributed by atoms with E-state index in [0.29, 0.717) is 56.0 Å². The molecule has 2 aromatic rings. The van der Waals surface area contributed by atoms with Crippen LogP contribution in [0.2, 0.25) is 0 Å². The number of benzene rings is 2. The van der Waals surface area contributed by atoms with Gasteiger partial charge in [-0.15, -0.1) is 0 Å². The minimum Gasteiger partial charge on any atom is -0.493 e. The molecule has 1 aliphatic heterocycles. The summed E-state index contributed by atoms with van der Waals surface area (Å²) in [7, 11) is 0. The number of alkyl halides is 6. The standard InChI is InChI=1S/C27H29F6NO3/c28-26(29,30)21-8-9-24(27(31,32)33)20(11-21)15-34-10-2-3-17(14-34)16-37-22-5-1-4-19(12-22)23(13-25(35)36)18-6-7-18/h1,4-5,8-9,11-12,17-18,23H,2-3,6-7,10,13-16H2,(H,35,36). The second-order valence-electron chi connectivity index (χ2n) is 10.0. The number of carbonyl (C=O) groups is 1. The molecule has 0 amide bonds. The van der Waals surface area contributed by atoms with E-state index in [-0.39, 0.29) is 30.4 Å². The Labute approximate surface area is 211 Å². The summed E-state index contributed by atoms with van der Waals surface area (Å²) in [4.78, 5) is 13.0. The fourth-order valence-corrected chi connectivity index (χ4v) is 5.14. The number of ether oxygens (including phenoxy) is 1. The van der Waals surface area contributed by atoms with Crippen molar-refractivity contribution >= 4 is 5.97 Å². The first-order chi connectivity index (χ1) is 17.4. The Morgan fingerprint density at radius 2 is 1.78 bits per heavy atom. The number of hydrogen-bond acceptors (Lipinski definition) is 3. The summed E-state index contributed by atoms with van der Waals surface area (Å²) < 4.78 is 85.8. The van der Waals surface area contributed by atoms with Gasteiger partial charge in [0.25, 0.3) is 0 Å². The number of rotatable bonds is 9. The Kier molecular flexibility index (Phi) is 8.06. The third-order valence-corrected chi connectivity index (χ3v) is 7.09. The van der Waals surface area contributed by atoms with E-state index in [9.17, 15) is 36.2 Å². The molecule has 2 atom stereocenters. The number of halogens is 6. The van der Waals surface area contributed by atoms with Crippen LogP contribution in [-0.2, 0) is 23.7 Å². The minimum absolute atomic E-state index is 0.00390. The predicted molar refractivity (Wildman–Crippen MR) is 124 cm³/mol. The molecule has 0 spiro atoms. The Bertz CT molecular complexity index is 1100. The molecule has 4 nitrogen and oxygen atoms in total. The SMILES string of the molecule is O=C(O)CC(c1cccc(OCC2CCCN(Cc3cc(C(F)(F)F)ccc3C(F)(F)F)C2)c1)C1CC1. The van der Waals surface area contributed by atoms with Crippen LogP contribution in [0.3, 0.4) is 0 Å². The molecule has 0 aromatic heterocycles. The number of carboxylic acid groups (broad SMARTS) is 1. The van der Waals surface area contributed by atoms with Crippen LogP contribution in [0.5, 0.6) is 5.75 Å². The summed E-state index contributed by atoms with van der Waals surface area (Å²) in [5.41, 5.74) is -1.63. The molecule has 10 heteroatoms. The lowest BCUT2D eigenvalue weighted by molar-refractivity contribution is -0.142. The lowest BCUT2D eigenvalue weighted by atomic mass is 9.91. The molecule has 4 rings (SSSR count). The zero-order valence-corrected chi connectivity index (χ0v) is 20.1. The van der Waals surface area contributed by atoms with Gasteiger partial charge in [0.15, 0.2) is 0 Å². The van der Waals surface area contributed by atoms with E-state index < -0.39 is 29.4 Å². The van der Waals surface area contributed by atoms with Gasteiger partial charge in [0.1, 0.15) is 5.75 Å². The van der Waals surface area contributed by atoms with E-state index in [0.717, 1.165) is 24.8 Å². The molecule has 2 aliphatic rings. The molecule has 202 valence electrons. The summed E-state index contributed by atoms with van der Waals surface area (Å²) >= 11 is 0. The van der Waals surface area contributed by atoms with Crippen LogP contribution >= 0.6 is 0 Å². The van der Waals surface area contributed by atoms with Crippen molar-refractivity contribution in [3.05, 3.63) is 64.7 Å². The maximum Gasteiger partial charge on any atom is 0.416 e. The van der Waals surface area contributed by atoms with Gasteiger partial charge in [-0.3, -0.25) is 9.69 Å². The van der Waals surface area contributed by atoms with Crippen molar-refractivity contribution in [2.75, 3.05) is 19.7 Å². The van der Waals surface area contributed by atoms with E-state index in [4.69, 9.17) is 4.74 Å². The van der Waals surface area contributed by atoms with E-state index in [2.05, 4.69) is 0 Å². The molecule has 1 aliphatic carbocycles. The number of likely N-dealkylation sites (tertiary alicyclic amines) is 1. The molecule has 2 fully saturated rings. The van der Waals surface area contributed by atoms with Crippen molar-refractivity contribution in [2.24, 2.45) is 11.8 Å². The highest BCUT2D eigenvalue weighted by Gasteiger charge is 2.38. The van der Waals surface area contributed by atoms with E-state index in [1.807, 2.05) is 18.2 Å². The van der Waals surface area contributed by atoms with Gasteiger partial charge in [-0.2, -0.15) is 26.3 Å². The monoisotopic (exact) mass is 529 g/mol. The third-order valence-electron chi connectivity index (χ3n) is 7.09. The first-order valence-electron chi connectivity index (χ1n) is 12.3. The topological polar surface area (TPSA) is 49.8 Å². The van der Waals surface area contributed by atoms with Gasteiger partial charge in [0.05, 0.1) is 24.2 Å².